The molecule has 1 N–H and O–H groups in total. The third-order valence-corrected chi connectivity index (χ3v) is 5.43. The zero-order valence-corrected chi connectivity index (χ0v) is 17.1. The number of hydrogen-bond acceptors (Lipinski definition) is 3. The van der Waals surface area contributed by atoms with Gasteiger partial charge in [-0.05, 0) is 49.2 Å². The Bertz CT molecular complexity index is 771. The molecule has 0 aliphatic carbocycles. The maximum atomic E-state index is 12.8. The van der Waals surface area contributed by atoms with Gasteiger partial charge in [0.05, 0.1) is 10.6 Å². The van der Waals surface area contributed by atoms with Crippen LogP contribution in [0.4, 0.5) is 5.69 Å². The van der Waals surface area contributed by atoms with E-state index in [4.69, 9.17) is 23.2 Å². The molecule has 4 nitrogen and oxygen atoms in total. The molecule has 2 aromatic rings. The molecule has 0 spiro atoms. The number of nitrogens with one attached hydrogen (secondary N) is 1. The first-order chi connectivity index (χ1) is 13.1. The molecule has 0 bridgehead atoms. The number of rotatable bonds is 6. The van der Waals surface area contributed by atoms with Crippen LogP contribution in [0.15, 0.2) is 42.5 Å². The van der Waals surface area contributed by atoms with E-state index < -0.39 is 0 Å². The van der Waals surface area contributed by atoms with Crippen molar-refractivity contribution in [2.24, 2.45) is 0 Å². The predicted molar refractivity (Wildman–Crippen MR) is 113 cm³/mol. The lowest BCUT2D eigenvalue weighted by Crippen LogP contribution is -2.49. The van der Waals surface area contributed by atoms with Crippen LogP contribution in [0.5, 0.6) is 0 Å². The molecular weight excluding hydrogens is 381 g/mol. The number of benzene rings is 2. The number of anilines is 1. The van der Waals surface area contributed by atoms with E-state index in [1.807, 2.05) is 42.2 Å². The van der Waals surface area contributed by atoms with E-state index >= 15 is 0 Å². The number of amides is 1. The molecule has 1 saturated heterocycles. The third-order valence-electron chi connectivity index (χ3n) is 4.87. The summed E-state index contributed by atoms with van der Waals surface area (Å²) in [7, 11) is 0. The number of nitrogens with zero attached hydrogens (tertiary/aromatic N) is 2. The Morgan fingerprint density at radius 1 is 1.04 bits per heavy atom. The molecule has 1 aliphatic rings. The molecule has 144 valence electrons. The molecule has 1 heterocycles. The summed E-state index contributed by atoms with van der Waals surface area (Å²) < 4.78 is 0. The van der Waals surface area contributed by atoms with Crippen molar-refractivity contribution in [1.29, 1.82) is 0 Å². The number of hydrogen-bond donors (Lipinski definition) is 1. The second-order valence-corrected chi connectivity index (χ2v) is 7.58. The van der Waals surface area contributed by atoms with Crippen molar-refractivity contribution in [3.63, 3.8) is 0 Å². The molecule has 0 atom stereocenters. The second kappa shape index (κ2) is 9.45. The van der Waals surface area contributed by atoms with E-state index in [1.54, 1.807) is 0 Å². The van der Waals surface area contributed by atoms with E-state index in [9.17, 15) is 4.79 Å². The van der Waals surface area contributed by atoms with Gasteiger partial charge in [-0.1, -0.05) is 35.3 Å². The Kier molecular flexibility index (Phi) is 7.00. The van der Waals surface area contributed by atoms with E-state index in [-0.39, 0.29) is 5.91 Å². The summed E-state index contributed by atoms with van der Waals surface area (Å²) in [6.07, 6.45) is 0.989. The predicted octanol–water partition coefficient (Wildman–Crippen LogP) is 4.43. The van der Waals surface area contributed by atoms with Gasteiger partial charge in [0, 0.05) is 50.0 Å². The highest BCUT2D eigenvalue weighted by molar-refractivity contribution is 6.34. The van der Waals surface area contributed by atoms with E-state index in [2.05, 4.69) is 22.3 Å². The van der Waals surface area contributed by atoms with Crippen molar-refractivity contribution >= 4 is 34.8 Å². The molecule has 0 unspecified atom stereocenters. The maximum Gasteiger partial charge on any atom is 0.255 e. The van der Waals surface area contributed by atoms with Gasteiger partial charge in [-0.3, -0.25) is 9.69 Å². The summed E-state index contributed by atoms with van der Waals surface area (Å²) in [4.78, 5) is 17.1. The standard InChI is InChI=1S/C21H25Cl2N3O/c1-2-24-18-7-8-19(20(23)15-18)21(27)26-13-11-25(12-14-26)10-9-16-3-5-17(22)6-4-16/h3-8,15,24H,2,9-14H2,1H3. The van der Waals surface area contributed by atoms with Gasteiger partial charge in [-0.25, -0.2) is 0 Å². The van der Waals surface area contributed by atoms with Crippen LogP contribution in [0.1, 0.15) is 22.8 Å². The number of piperazine rings is 1. The largest absolute Gasteiger partial charge is 0.385 e. The van der Waals surface area contributed by atoms with Crippen LogP contribution in [0, 0.1) is 0 Å². The van der Waals surface area contributed by atoms with Crippen LogP contribution in [-0.4, -0.2) is 55.0 Å². The van der Waals surface area contributed by atoms with Gasteiger partial charge in [0.1, 0.15) is 0 Å². The van der Waals surface area contributed by atoms with Crippen LogP contribution in [-0.2, 0) is 6.42 Å². The van der Waals surface area contributed by atoms with Crippen molar-refractivity contribution in [2.45, 2.75) is 13.3 Å². The van der Waals surface area contributed by atoms with Gasteiger partial charge < -0.3 is 10.2 Å². The molecule has 3 rings (SSSR count). The molecule has 1 amide bonds. The first kappa shape index (κ1) is 20.0. The summed E-state index contributed by atoms with van der Waals surface area (Å²) in [6.45, 7) is 7.05. The molecule has 1 aliphatic heterocycles. The summed E-state index contributed by atoms with van der Waals surface area (Å²) in [6, 6.07) is 13.5. The van der Waals surface area contributed by atoms with Crippen LogP contribution in [0.3, 0.4) is 0 Å². The van der Waals surface area contributed by atoms with Gasteiger partial charge in [-0.2, -0.15) is 0 Å². The molecular formula is C21H25Cl2N3O. The van der Waals surface area contributed by atoms with Gasteiger partial charge >= 0.3 is 0 Å². The monoisotopic (exact) mass is 405 g/mol. The fourth-order valence-electron chi connectivity index (χ4n) is 3.29. The van der Waals surface area contributed by atoms with Gasteiger partial charge in [0.25, 0.3) is 5.91 Å². The summed E-state index contributed by atoms with van der Waals surface area (Å²) in [5, 5.41) is 4.48. The van der Waals surface area contributed by atoms with Crippen molar-refractivity contribution in [3.8, 4) is 0 Å². The highest BCUT2D eigenvalue weighted by Crippen LogP contribution is 2.23. The van der Waals surface area contributed by atoms with Crippen molar-refractivity contribution in [2.75, 3.05) is 44.6 Å². The Labute approximate surface area is 171 Å². The average molecular weight is 406 g/mol. The second-order valence-electron chi connectivity index (χ2n) is 6.74. The highest BCUT2D eigenvalue weighted by atomic mass is 35.5. The Morgan fingerprint density at radius 2 is 1.74 bits per heavy atom. The first-order valence-corrected chi connectivity index (χ1v) is 10.1. The third kappa shape index (κ3) is 5.38. The van der Waals surface area contributed by atoms with Crippen molar-refractivity contribution < 1.29 is 4.79 Å². The Balaban J connectivity index is 1.51. The lowest BCUT2D eigenvalue weighted by Gasteiger charge is -2.35. The van der Waals surface area contributed by atoms with Gasteiger partial charge in [0.2, 0.25) is 0 Å². The molecule has 0 radical (unpaired) electrons. The number of halogens is 2. The minimum absolute atomic E-state index is 0.0143. The fourth-order valence-corrected chi connectivity index (χ4v) is 3.67. The summed E-state index contributed by atoms with van der Waals surface area (Å²) in [5.74, 6) is 0.0143. The molecule has 0 saturated carbocycles. The molecule has 0 aromatic heterocycles. The van der Waals surface area contributed by atoms with Crippen LogP contribution in [0.25, 0.3) is 0 Å². The lowest BCUT2D eigenvalue weighted by atomic mass is 10.1. The quantitative estimate of drug-likeness (QED) is 0.771. The summed E-state index contributed by atoms with van der Waals surface area (Å²) >= 11 is 12.3. The van der Waals surface area contributed by atoms with Gasteiger partial charge in [0.15, 0.2) is 0 Å². The normalized spacial score (nSPS) is 15.0. The van der Waals surface area contributed by atoms with E-state index in [1.165, 1.54) is 5.56 Å². The molecule has 1 fully saturated rings. The van der Waals surface area contributed by atoms with Crippen LogP contribution in [0.2, 0.25) is 10.0 Å². The van der Waals surface area contributed by atoms with E-state index in [0.717, 1.165) is 56.4 Å². The topological polar surface area (TPSA) is 35.6 Å². The van der Waals surface area contributed by atoms with Crippen LogP contribution < -0.4 is 5.32 Å². The molecule has 2 aromatic carbocycles. The van der Waals surface area contributed by atoms with Gasteiger partial charge in [-0.15, -0.1) is 0 Å². The zero-order valence-electron chi connectivity index (χ0n) is 15.5. The highest BCUT2D eigenvalue weighted by Gasteiger charge is 2.23. The van der Waals surface area contributed by atoms with E-state index in [0.29, 0.717) is 10.6 Å². The smallest absolute Gasteiger partial charge is 0.255 e. The number of carbonyl (C=O) groups excluding carboxylic acids is 1. The van der Waals surface area contributed by atoms with Crippen LogP contribution >= 0.6 is 23.2 Å². The van der Waals surface area contributed by atoms with Crippen molar-refractivity contribution in [3.05, 3.63) is 63.6 Å². The average Bonchev–Trinajstić information content (AvgIpc) is 2.68. The zero-order chi connectivity index (χ0) is 19.2. The molecule has 6 heteroatoms. The summed E-state index contributed by atoms with van der Waals surface area (Å²) in [5.41, 5.74) is 2.80. The SMILES string of the molecule is CCNc1ccc(C(=O)N2CCN(CCc3ccc(Cl)cc3)CC2)c(Cl)c1. The number of carbonyl (C=O) groups is 1. The first-order valence-electron chi connectivity index (χ1n) is 9.36. The Morgan fingerprint density at radius 3 is 2.37 bits per heavy atom. The fraction of sp³-hybridized carbons (Fsp3) is 0.381. The maximum absolute atomic E-state index is 12.8. The Hall–Kier alpha value is -1.75. The lowest BCUT2D eigenvalue weighted by molar-refractivity contribution is 0.0638. The minimum atomic E-state index is 0.0143. The van der Waals surface area contributed by atoms with Crippen molar-refractivity contribution in [1.82, 2.24) is 9.80 Å². The minimum Gasteiger partial charge on any atom is -0.385 e. The molecule has 27 heavy (non-hydrogen) atoms.